The van der Waals surface area contributed by atoms with Gasteiger partial charge in [-0.15, -0.1) is 0 Å². The third-order valence-corrected chi connectivity index (χ3v) is 4.49. The van der Waals surface area contributed by atoms with Gasteiger partial charge in [0.25, 0.3) is 23.2 Å². The van der Waals surface area contributed by atoms with Gasteiger partial charge in [-0.25, -0.2) is 0 Å². The second-order valence-corrected chi connectivity index (χ2v) is 6.13. The molecule has 0 saturated carbocycles. The van der Waals surface area contributed by atoms with E-state index in [2.05, 4.69) is 5.10 Å². The number of hydrazone groups is 1. The lowest BCUT2D eigenvalue weighted by molar-refractivity contribution is -0.384. The highest BCUT2D eigenvalue weighted by atomic mass is 16.6. The molecule has 142 valence electrons. The number of nitro benzene ring substituents is 2. The number of nitro groups is 2. The summed E-state index contributed by atoms with van der Waals surface area (Å²) in [6.45, 7) is 0. The first-order chi connectivity index (χ1) is 13.9. The predicted molar refractivity (Wildman–Crippen MR) is 102 cm³/mol. The molecule has 0 saturated heterocycles. The molecule has 1 aliphatic rings. The summed E-state index contributed by atoms with van der Waals surface area (Å²) in [6.07, 6.45) is 1.23. The number of rotatable bonds is 4. The van der Waals surface area contributed by atoms with Crippen molar-refractivity contribution < 1.29 is 19.4 Å². The van der Waals surface area contributed by atoms with E-state index in [1.54, 1.807) is 0 Å². The van der Waals surface area contributed by atoms with E-state index >= 15 is 0 Å². The average Bonchev–Trinajstić information content (AvgIpc) is 2.71. The summed E-state index contributed by atoms with van der Waals surface area (Å²) in [5.74, 6) is -1.43. The Balaban J connectivity index is 1.75. The third kappa shape index (κ3) is 2.88. The van der Waals surface area contributed by atoms with Crippen LogP contribution in [0.4, 0.5) is 11.4 Å². The lowest BCUT2D eigenvalue weighted by Gasteiger charge is -2.22. The minimum Gasteiger partial charge on any atom is -0.267 e. The van der Waals surface area contributed by atoms with E-state index in [4.69, 9.17) is 0 Å². The summed E-state index contributed by atoms with van der Waals surface area (Å²) in [5.41, 5.74) is 0.399. The van der Waals surface area contributed by atoms with Crippen molar-refractivity contribution >= 4 is 40.2 Å². The van der Waals surface area contributed by atoms with Gasteiger partial charge in [-0.1, -0.05) is 6.07 Å². The second kappa shape index (κ2) is 6.60. The van der Waals surface area contributed by atoms with E-state index in [9.17, 15) is 29.8 Å². The number of hydrogen-bond donors (Lipinski definition) is 0. The molecule has 1 aliphatic heterocycles. The van der Waals surface area contributed by atoms with E-state index < -0.39 is 21.7 Å². The minimum atomic E-state index is -0.716. The van der Waals surface area contributed by atoms with Crippen molar-refractivity contribution in [2.45, 2.75) is 0 Å². The highest BCUT2D eigenvalue weighted by Gasteiger charge is 2.34. The molecule has 29 heavy (non-hydrogen) atoms. The minimum absolute atomic E-state index is 0.102. The Labute approximate surface area is 162 Å². The summed E-state index contributed by atoms with van der Waals surface area (Å²) in [7, 11) is 0. The van der Waals surface area contributed by atoms with E-state index in [0.29, 0.717) is 10.6 Å². The molecule has 0 N–H and O–H groups in total. The summed E-state index contributed by atoms with van der Waals surface area (Å²) in [6, 6.07) is 12.4. The highest BCUT2D eigenvalue weighted by molar-refractivity contribution is 6.26. The number of benzene rings is 3. The van der Waals surface area contributed by atoms with Crippen LogP contribution in [0.3, 0.4) is 0 Å². The second-order valence-electron chi connectivity index (χ2n) is 6.13. The van der Waals surface area contributed by atoms with Gasteiger partial charge in [-0.05, 0) is 35.9 Å². The third-order valence-electron chi connectivity index (χ3n) is 4.49. The summed E-state index contributed by atoms with van der Waals surface area (Å²) >= 11 is 0. The lowest BCUT2D eigenvalue weighted by Crippen LogP contribution is -2.36. The SMILES string of the molecule is O=C1c2cccc3c([N+](=O)[O-])ccc(c23)C(=O)N1N=Cc1ccc([N+](=O)[O-])cc1. The zero-order valence-corrected chi connectivity index (χ0v) is 14.5. The molecule has 2 amide bonds. The van der Waals surface area contributed by atoms with Gasteiger partial charge >= 0.3 is 0 Å². The molecule has 0 radical (unpaired) electrons. The molecule has 0 atom stereocenters. The van der Waals surface area contributed by atoms with Crippen molar-refractivity contribution in [3.8, 4) is 0 Å². The summed E-state index contributed by atoms with van der Waals surface area (Å²) in [5, 5.41) is 27.0. The molecule has 0 aliphatic carbocycles. The maximum atomic E-state index is 12.8. The smallest absolute Gasteiger partial charge is 0.267 e. The molecule has 3 aromatic rings. The maximum Gasteiger partial charge on any atom is 0.282 e. The highest BCUT2D eigenvalue weighted by Crippen LogP contribution is 2.35. The Bertz CT molecular complexity index is 1230. The van der Waals surface area contributed by atoms with Gasteiger partial charge in [0.05, 0.1) is 32.6 Å². The van der Waals surface area contributed by atoms with Crippen molar-refractivity contribution in [3.63, 3.8) is 0 Å². The molecule has 0 aromatic heterocycles. The average molecular weight is 390 g/mol. The van der Waals surface area contributed by atoms with Crippen LogP contribution in [0.2, 0.25) is 0 Å². The van der Waals surface area contributed by atoms with Crippen molar-refractivity contribution in [2.24, 2.45) is 5.10 Å². The Kier molecular flexibility index (Phi) is 4.08. The van der Waals surface area contributed by atoms with Crippen LogP contribution in [-0.2, 0) is 0 Å². The zero-order chi connectivity index (χ0) is 20.7. The molecule has 0 bridgehead atoms. The molecule has 0 fully saturated rings. The van der Waals surface area contributed by atoms with Crippen molar-refractivity contribution in [2.75, 3.05) is 0 Å². The van der Waals surface area contributed by atoms with E-state index in [1.807, 2.05) is 0 Å². The van der Waals surface area contributed by atoms with Crippen LogP contribution >= 0.6 is 0 Å². The van der Waals surface area contributed by atoms with E-state index in [0.717, 1.165) is 0 Å². The van der Waals surface area contributed by atoms with E-state index in [1.165, 1.54) is 60.8 Å². The van der Waals surface area contributed by atoms with Crippen LogP contribution in [0, 0.1) is 20.2 Å². The zero-order valence-electron chi connectivity index (χ0n) is 14.5. The normalized spacial score (nSPS) is 13.3. The Hall–Kier alpha value is -4.47. The molecule has 10 nitrogen and oxygen atoms in total. The molecule has 0 spiro atoms. The number of hydrogen-bond acceptors (Lipinski definition) is 7. The fourth-order valence-corrected chi connectivity index (χ4v) is 3.14. The van der Waals surface area contributed by atoms with Gasteiger partial charge in [-0.3, -0.25) is 29.8 Å². The van der Waals surface area contributed by atoms with Crippen LogP contribution in [-0.4, -0.2) is 32.9 Å². The van der Waals surface area contributed by atoms with Crippen molar-refractivity contribution in [1.82, 2.24) is 5.01 Å². The first-order valence-corrected chi connectivity index (χ1v) is 8.26. The standard InChI is InChI=1S/C19H10N4O6/c24-18-14-3-1-2-13-16(23(28)29)9-8-15(17(13)14)19(25)21(18)20-10-11-4-6-12(7-5-11)22(26)27/h1-10H. The maximum absolute atomic E-state index is 12.8. The summed E-state index contributed by atoms with van der Waals surface area (Å²) in [4.78, 5) is 46.4. The molecule has 0 unspecified atom stereocenters. The summed E-state index contributed by atoms with van der Waals surface area (Å²) < 4.78 is 0. The van der Waals surface area contributed by atoms with Gasteiger partial charge in [-0.2, -0.15) is 10.1 Å². The number of amides is 2. The topological polar surface area (TPSA) is 136 Å². The number of non-ortho nitro benzene ring substituents is 2. The fourth-order valence-electron chi connectivity index (χ4n) is 3.14. The molecule has 3 aromatic carbocycles. The Morgan fingerprint density at radius 1 is 0.828 bits per heavy atom. The van der Waals surface area contributed by atoms with Crippen LogP contribution < -0.4 is 0 Å². The molecule has 10 heteroatoms. The van der Waals surface area contributed by atoms with Gasteiger partial charge in [0, 0.05) is 23.6 Å². The van der Waals surface area contributed by atoms with Crippen LogP contribution in [0.15, 0.2) is 59.7 Å². The molecule has 1 heterocycles. The molecular weight excluding hydrogens is 380 g/mol. The van der Waals surface area contributed by atoms with Gasteiger partial charge in [0.2, 0.25) is 0 Å². The Morgan fingerprint density at radius 2 is 1.48 bits per heavy atom. The number of carbonyl (C=O) groups is 2. The largest absolute Gasteiger partial charge is 0.282 e. The number of imide groups is 1. The monoisotopic (exact) mass is 390 g/mol. The van der Waals surface area contributed by atoms with Gasteiger partial charge in [0.1, 0.15) is 0 Å². The molecule has 4 rings (SSSR count). The number of nitrogens with zero attached hydrogens (tertiary/aromatic N) is 4. The van der Waals surface area contributed by atoms with E-state index in [-0.39, 0.29) is 33.3 Å². The van der Waals surface area contributed by atoms with Crippen molar-refractivity contribution in [1.29, 1.82) is 0 Å². The molecular formula is C19H10N4O6. The van der Waals surface area contributed by atoms with Gasteiger partial charge < -0.3 is 0 Å². The number of carbonyl (C=O) groups excluding carboxylic acids is 2. The fraction of sp³-hybridized carbons (Fsp3) is 0. The Morgan fingerprint density at radius 3 is 2.10 bits per heavy atom. The quantitative estimate of drug-likeness (QED) is 0.290. The van der Waals surface area contributed by atoms with Crippen LogP contribution in [0.5, 0.6) is 0 Å². The van der Waals surface area contributed by atoms with Gasteiger partial charge in [0.15, 0.2) is 0 Å². The predicted octanol–water partition coefficient (Wildman–Crippen LogP) is 3.29. The first-order valence-electron chi connectivity index (χ1n) is 8.26. The van der Waals surface area contributed by atoms with Crippen molar-refractivity contribution in [3.05, 3.63) is 91.5 Å². The lowest BCUT2D eigenvalue weighted by atomic mass is 9.94. The van der Waals surface area contributed by atoms with Crippen LogP contribution in [0.1, 0.15) is 26.3 Å². The van der Waals surface area contributed by atoms with Crippen LogP contribution in [0.25, 0.3) is 10.8 Å². The first kappa shape index (κ1) is 17.9.